The lowest BCUT2D eigenvalue weighted by Gasteiger charge is -2.26. The molecule has 0 amide bonds. The molecule has 0 bridgehead atoms. The monoisotopic (exact) mass is 374 g/mol. The molecule has 0 saturated heterocycles. The van der Waals surface area contributed by atoms with Crippen molar-refractivity contribution in [1.82, 2.24) is 0 Å². The second kappa shape index (κ2) is 10.5. The van der Waals surface area contributed by atoms with Gasteiger partial charge in [0, 0.05) is 0 Å². The zero-order valence-corrected chi connectivity index (χ0v) is 12.7. The minimum atomic E-state index is -2.50. The summed E-state index contributed by atoms with van der Waals surface area (Å²) in [7, 11) is 0. The first-order valence-electron chi connectivity index (χ1n) is 6.90. The van der Waals surface area contributed by atoms with E-state index in [9.17, 15) is 40.2 Å². The maximum absolute atomic E-state index is 11.5. The van der Waals surface area contributed by atoms with Crippen LogP contribution in [0.3, 0.4) is 0 Å². The highest BCUT2D eigenvalue weighted by Gasteiger charge is 2.39. The zero-order chi connectivity index (χ0) is 19.9. The van der Waals surface area contributed by atoms with Crippen molar-refractivity contribution in [3.05, 3.63) is 0 Å². The number of aliphatic hydroxyl groups excluding tert-OH is 9. The second-order valence-electron chi connectivity index (χ2n) is 5.14. The van der Waals surface area contributed by atoms with Crippen LogP contribution in [0.2, 0.25) is 0 Å². The largest absolute Gasteiger partial charge is 0.479 e. The van der Waals surface area contributed by atoms with Crippen LogP contribution in [0.15, 0.2) is 0 Å². The Morgan fingerprint density at radius 1 is 0.720 bits per heavy atom. The van der Waals surface area contributed by atoms with Gasteiger partial charge >= 0.3 is 11.9 Å². The third kappa shape index (κ3) is 6.77. The first-order valence-corrected chi connectivity index (χ1v) is 6.90. The summed E-state index contributed by atoms with van der Waals surface area (Å²) >= 11 is 0. The van der Waals surface area contributed by atoms with Gasteiger partial charge in [0.2, 0.25) is 0 Å². The molecular formula is C12H22O13. The van der Waals surface area contributed by atoms with E-state index in [4.69, 9.17) is 20.4 Å². The molecule has 0 aromatic heterocycles. The van der Waals surface area contributed by atoms with Gasteiger partial charge in [-0.25, -0.2) is 9.59 Å². The number of esters is 1. The molecule has 25 heavy (non-hydrogen) atoms. The van der Waals surface area contributed by atoms with E-state index in [1.165, 1.54) is 0 Å². The van der Waals surface area contributed by atoms with E-state index in [1.54, 1.807) is 0 Å². The number of carbonyl (C=O) groups excluding carboxylic acids is 1. The maximum Gasteiger partial charge on any atom is 0.337 e. The van der Waals surface area contributed by atoms with Gasteiger partial charge in [-0.15, -0.1) is 0 Å². The quantitative estimate of drug-likeness (QED) is 0.151. The fraction of sp³-hybridized carbons (Fsp3) is 0.833. The van der Waals surface area contributed by atoms with Crippen LogP contribution in [0.4, 0.5) is 0 Å². The number of aliphatic carboxylic acids is 1. The molecule has 8 atom stereocenters. The predicted octanol–water partition coefficient (Wildman–Crippen LogP) is -6.51. The van der Waals surface area contributed by atoms with Crippen LogP contribution in [-0.2, 0) is 14.3 Å². The van der Waals surface area contributed by atoms with Crippen molar-refractivity contribution >= 4 is 11.9 Å². The highest BCUT2D eigenvalue weighted by molar-refractivity contribution is 5.76. The lowest BCUT2D eigenvalue weighted by molar-refractivity contribution is -0.181. The average Bonchev–Trinajstić information content (AvgIpc) is 2.60. The number of carbonyl (C=O) groups is 2. The van der Waals surface area contributed by atoms with Crippen LogP contribution < -0.4 is 0 Å². The van der Waals surface area contributed by atoms with E-state index in [-0.39, 0.29) is 0 Å². The van der Waals surface area contributed by atoms with Crippen molar-refractivity contribution in [1.29, 1.82) is 0 Å². The molecule has 0 aliphatic heterocycles. The Hall–Kier alpha value is -1.42. The molecule has 0 radical (unpaired) electrons. The van der Waals surface area contributed by atoms with E-state index in [1.807, 2.05) is 0 Å². The molecule has 10 N–H and O–H groups in total. The number of aliphatic hydroxyl groups is 9. The molecule has 0 aliphatic carbocycles. The van der Waals surface area contributed by atoms with Crippen molar-refractivity contribution in [2.75, 3.05) is 13.2 Å². The lowest BCUT2D eigenvalue weighted by Crippen LogP contribution is -2.51. The molecule has 0 unspecified atom stereocenters. The van der Waals surface area contributed by atoms with Gasteiger partial charge in [0.15, 0.2) is 12.2 Å². The van der Waals surface area contributed by atoms with E-state index < -0.39 is 74.0 Å². The van der Waals surface area contributed by atoms with Gasteiger partial charge < -0.3 is 55.8 Å². The van der Waals surface area contributed by atoms with E-state index >= 15 is 0 Å². The molecule has 0 aromatic rings. The van der Waals surface area contributed by atoms with Crippen molar-refractivity contribution < 1.29 is 65.4 Å². The molecule has 0 rings (SSSR count). The van der Waals surface area contributed by atoms with Crippen LogP contribution in [0.1, 0.15) is 0 Å². The third-order valence-electron chi connectivity index (χ3n) is 3.21. The fourth-order valence-electron chi connectivity index (χ4n) is 1.57. The number of carboxylic acids is 1. The Morgan fingerprint density at radius 3 is 1.60 bits per heavy atom. The average molecular weight is 374 g/mol. The number of hydrogen-bond donors (Lipinski definition) is 10. The maximum atomic E-state index is 11.5. The highest BCUT2D eigenvalue weighted by Crippen LogP contribution is 2.09. The normalized spacial score (nSPS) is 21.3. The van der Waals surface area contributed by atoms with Gasteiger partial charge in [-0.05, 0) is 0 Å². The van der Waals surface area contributed by atoms with Crippen molar-refractivity contribution in [3.63, 3.8) is 0 Å². The van der Waals surface area contributed by atoms with Crippen LogP contribution in [0.5, 0.6) is 0 Å². The van der Waals surface area contributed by atoms with Crippen molar-refractivity contribution in [2.45, 2.75) is 48.8 Å². The molecule has 0 heterocycles. The standard InChI is InChI=1S/C12H22O13/c13-1-3(14)5(16)6(17)4(15)2-25-12(24)10(21)8(19)7(18)9(20)11(22)23/h3-10,13-21H,1-2H2,(H,22,23)/t3-,4-,5-,6-,7+,8+,9+,10-/m1/s1. The summed E-state index contributed by atoms with van der Waals surface area (Å²) < 4.78 is 4.31. The fourth-order valence-corrected chi connectivity index (χ4v) is 1.57. The number of hydrogen-bond acceptors (Lipinski definition) is 12. The molecule has 13 heteroatoms. The first-order chi connectivity index (χ1) is 11.4. The summed E-state index contributed by atoms with van der Waals surface area (Å²) in [5.74, 6) is -3.57. The first kappa shape index (κ1) is 23.6. The Balaban J connectivity index is 4.60. The summed E-state index contributed by atoms with van der Waals surface area (Å²) in [6.45, 7) is -1.96. The number of rotatable bonds is 11. The van der Waals surface area contributed by atoms with Crippen LogP contribution in [-0.4, -0.2) is 125 Å². The van der Waals surface area contributed by atoms with E-state index in [0.29, 0.717) is 0 Å². The zero-order valence-electron chi connectivity index (χ0n) is 12.7. The summed E-state index contributed by atoms with van der Waals surface area (Å²) in [5, 5.41) is 91.5. The smallest absolute Gasteiger partial charge is 0.337 e. The SMILES string of the molecule is O=C(O)[C@@H](O)[C@@H](O)[C@H](O)[C@@H](O)C(=O)OC[C@@H](O)[C@@H](O)[C@H](O)[C@H](O)CO. The topological polar surface area (TPSA) is 246 Å². The summed E-state index contributed by atoms with van der Waals surface area (Å²) in [5.41, 5.74) is 0. The summed E-state index contributed by atoms with van der Waals surface area (Å²) in [6, 6.07) is 0. The molecule has 148 valence electrons. The van der Waals surface area contributed by atoms with Crippen LogP contribution >= 0.6 is 0 Å². The van der Waals surface area contributed by atoms with Crippen LogP contribution in [0, 0.1) is 0 Å². The van der Waals surface area contributed by atoms with Crippen molar-refractivity contribution in [2.24, 2.45) is 0 Å². The van der Waals surface area contributed by atoms with Gasteiger partial charge in [0.25, 0.3) is 0 Å². The molecule has 0 fully saturated rings. The minimum absolute atomic E-state index is 0.931. The predicted molar refractivity (Wildman–Crippen MR) is 73.7 cm³/mol. The Kier molecular flexibility index (Phi) is 9.95. The van der Waals surface area contributed by atoms with Gasteiger partial charge in [-0.2, -0.15) is 0 Å². The Morgan fingerprint density at radius 2 is 1.16 bits per heavy atom. The lowest BCUT2D eigenvalue weighted by atomic mass is 10.0. The van der Waals surface area contributed by atoms with Gasteiger partial charge in [0.1, 0.15) is 43.2 Å². The molecule has 0 spiro atoms. The molecule has 13 nitrogen and oxygen atoms in total. The van der Waals surface area contributed by atoms with E-state index in [0.717, 1.165) is 0 Å². The highest BCUT2D eigenvalue weighted by atomic mass is 16.6. The van der Waals surface area contributed by atoms with Gasteiger partial charge in [-0.1, -0.05) is 0 Å². The van der Waals surface area contributed by atoms with E-state index in [2.05, 4.69) is 4.74 Å². The minimum Gasteiger partial charge on any atom is -0.479 e. The second-order valence-corrected chi connectivity index (χ2v) is 5.14. The van der Waals surface area contributed by atoms with Gasteiger partial charge in [-0.3, -0.25) is 0 Å². The molecule has 0 aliphatic rings. The Labute approximate surface area is 140 Å². The van der Waals surface area contributed by atoms with Gasteiger partial charge in [0.05, 0.1) is 6.61 Å². The molecule has 0 aromatic carbocycles. The van der Waals surface area contributed by atoms with Crippen LogP contribution in [0.25, 0.3) is 0 Å². The third-order valence-corrected chi connectivity index (χ3v) is 3.21. The van der Waals surface area contributed by atoms with Crippen molar-refractivity contribution in [3.8, 4) is 0 Å². The number of ether oxygens (including phenoxy) is 1. The molecular weight excluding hydrogens is 352 g/mol. The number of carboxylic acid groups (broad SMARTS) is 1. The Bertz CT molecular complexity index is 429. The summed E-state index contributed by atoms with van der Waals surface area (Å²) in [4.78, 5) is 21.9. The molecule has 0 saturated carbocycles. The summed E-state index contributed by atoms with van der Waals surface area (Å²) in [6.07, 6.45) is -17.7.